The number of amides is 1. The van der Waals surface area contributed by atoms with Gasteiger partial charge in [-0.25, -0.2) is 8.42 Å². The third-order valence-electron chi connectivity index (χ3n) is 5.06. The van der Waals surface area contributed by atoms with Gasteiger partial charge in [0, 0.05) is 24.4 Å². The molecule has 2 aromatic rings. The molecule has 1 aliphatic carbocycles. The number of carbonyl (C=O) groups is 2. The molecule has 1 N–H and O–H groups in total. The molecule has 1 fully saturated rings. The zero-order valence-electron chi connectivity index (χ0n) is 17.1. The first-order valence-corrected chi connectivity index (χ1v) is 11.3. The van der Waals surface area contributed by atoms with E-state index >= 15 is 0 Å². The summed E-state index contributed by atoms with van der Waals surface area (Å²) in [5.74, 6) is 0.0801. The van der Waals surface area contributed by atoms with Crippen molar-refractivity contribution in [3.63, 3.8) is 0 Å². The number of hydrogen-bond donors (Lipinski definition) is 1. The number of benzene rings is 2. The first-order valence-electron chi connectivity index (χ1n) is 9.89. The fraction of sp³-hybridized carbons (Fsp3) is 0.364. The molecule has 0 spiro atoms. The second-order valence-corrected chi connectivity index (χ2v) is 9.49. The molecule has 0 unspecified atom stereocenters. The molecule has 160 valence electrons. The first-order chi connectivity index (χ1) is 14.3. The Labute approximate surface area is 177 Å². The molecule has 30 heavy (non-hydrogen) atoms. The lowest BCUT2D eigenvalue weighted by molar-refractivity contribution is -0.116. The van der Waals surface area contributed by atoms with Crippen molar-refractivity contribution in [3.8, 4) is 5.75 Å². The molecular formula is C22H26N2O5S. The van der Waals surface area contributed by atoms with Gasteiger partial charge in [-0.15, -0.1) is 0 Å². The van der Waals surface area contributed by atoms with Crippen molar-refractivity contribution >= 4 is 27.4 Å². The molecule has 8 heteroatoms. The van der Waals surface area contributed by atoms with Gasteiger partial charge in [0.15, 0.2) is 5.78 Å². The molecule has 7 nitrogen and oxygen atoms in total. The van der Waals surface area contributed by atoms with Crippen molar-refractivity contribution in [1.29, 1.82) is 0 Å². The lowest BCUT2D eigenvalue weighted by Gasteiger charge is -2.17. The molecule has 0 aliphatic heterocycles. The smallest absolute Gasteiger partial charge is 0.243 e. The van der Waals surface area contributed by atoms with Gasteiger partial charge in [0.25, 0.3) is 0 Å². The van der Waals surface area contributed by atoms with Crippen molar-refractivity contribution in [2.45, 2.75) is 43.6 Å². The van der Waals surface area contributed by atoms with E-state index in [-0.39, 0.29) is 23.3 Å². The highest BCUT2D eigenvalue weighted by molar-refractivity contribution is 7.89. The van der Waals surface area contributed by atoms with Gasteiger partial charge in [-0.3, -0.25) is 9.59 Å². The van der Waals surface area contributed by atoms with E-state index in [0.29, 0.717) is 17.0 Å². The Morgan fingerprint density at radius 2 is 1.77 bits per heavy atom. The van der Waals surface area contributed by atoms with Crippen LogP contribution < -0.4 is 10.1 Å². The van der Waals surface area contributed by atoms with Crippen molar-refractivity contribution in [2.24, 2.45) is 0 Å². The quantitative estimate of drug-likeness (QED) is 0.648. The molecule has 1 amide bonds. The van der Waals surface area contributed by atoms with E-state index in [9.17, 15) is 18.0 Å². The van der Waals surface area contributed by atoms with Crippen LogP contribution in [0.4, 0.5) is 5.69 Å². The third kappa shape index (κ3) is 5.46. The highest BCUT2D eigenvalue weighted by Crippen LogP contribution is 2.26. The van der Waals surface area contributed by atoms with Crippen LogP contribution in [0, 0.1) is 0 Å². The van der Waals surface area contributed by atoms with Crippen molar-refractivity contribution in [3.05, 3.63) is 54.1 Å². The Morgan fingerprint density at radius 1 is 1.10 bits per heavy atom. The van der Waals surface area contributed by atoms with Gasteiger partial charge in [-0.2, -0.15) is 4.31 Å². The maximum absolute atomic E-state index is 12.7. The van der Waals surface area contributed by atoms with Crippen LogP contribution in [-0.4, -0.2) is 44.1 Å². The molecule has 0 heterocycles. The Balaban J connectivity index is 1.61. The Morgan fingerprint density at radius 3 is 2.40 bits per heavy atom. The maximum Gasteiger partial charge on any atom is 0.243 e. The highest BCUT2D eigenvalue weighted by atomic mass is 32.2. The minimum atomic E-state index is -3.86. The largest absolute Gasteiger partial charge is 0.490 e. The van der Waals surface area contributed by atoms with Crippen LogP contribution in [0.2, 0.25) is 0 Å². The van der Waals surface area contributed by atoms with E-state index < -0.39 is 15.9 Å². The number of hydrogen-bond acceptors (Lipinski definition) is 5. The molecule has 0 atom stereocenters. The molecule has 0 radical (unpaired) electrons. The summed E-state index contributed by atoms with van der Waals surface area (Å²) >= 11 is 0. The number of carbonyl (C=O) groups excluding carboxylic acids is 2. The second-order valence-electron chi connectivity index (χ2n) is 7.44. The van der Waals surface area contributed by atoms with Crippen LogP contribution in [0.1, 0.15) is 43.0 Å². The zero-order chi connectivity index (χ0) is 21.7. The molecule has 0 bridgehead atoms. The Bertz CT molecular complexity index is 1010. The third-order valence-corrected chi connectivity index (χ3v) is 6.88. The summed E-state index contributed by atoms with van der Waals surface area (Å²) in [4.78, 5) is 23.8. The average molecular weight is 431 g/mol. The van der Waals surface area contributed by atoms with Gasteiger partial charge in [0.05, 0.1) is 17.5 Å². The number of ketones is 1. The van der Waals surface area contributed by atoms with Gasteiger partial charge < -0.3 is 10.1 Å². The zero-order valence-corrected chi connectivity index (χ0v) is 17.9. The SMILES string of the molecule is CC(=O)c1ccc(S(=O)(=O)N(C)CC(=O)Nc2cccc(OC3CCCC3)c2)cc1. The van der Waals surface area contributed by atoms with Crippen molar-refractivity contribution in [1.82, 2.24) is 4.31 Å². The molecule has 1 aliphatic rings. The number of anilines is 1. The van der Waals surface area contributed by atoms with Gasteiger partial charge in [0.2, 0.25) is 15.9 Å². The van der Waals surface area contributed by atoms with Crippen LogP contribution in [-0.2, 0) is 14.8 Å². The number of likely N-dealkylation sites (N-methyl/N-ethyl adjacent to an activating group) is 1. The summed E-state index contributed by atoms with van der Waals surface area (Å²) in [6.45, 7) is 1.07. The molecule has 3 rings (SSSR count). The van der Waals surface area contributed by atoms with E-state index in [1.54, 1.807) is 18.2 Å². The molecular weight excluding hydrogens is 404 g/mol. The monoisotopic (exact) mass is 430 g/mol. The van der Waals surface area contributed by atoms with Gasteiger partial charge >= 0.3 is 0 Å². The van der Waals surface area contributed by atoms with E-state index in [0.717, 1.165) is 17.1 Å². The Kier molecular flexibility index (Phi) is 6.89. The molecule has 0 aromatic heterocycles. The summed E-state index contributed by atoms with van der Waals surface area (Å²) in [7, 11) is -2.52. The summed E-state index contributed by atoms with van der Waals surface area (Å²) < 4.78 is 32.3. The predicted molar refractivity (Wildman–Crippen MR) is 114 cm³/mol. The predicted octanol–water partition coefficient (Wildman–Crippen LogP) is 3.47. The maximum atomic E-state index is 12.7. The summed E-state index contributed by atoms with van der Waals surface area (Å²) in [5.41, 5.74) is 0.973. The van der Waals surface area contributed by atoms with Crippen LogP contribution in [0.3, 0.4) is 0 Å². The summed E-state index contributed by atoms with van der Waals surface area (Å²) in [6.07, 6.45) is 4.61. The minimum absolute atomic E-state index is 0.0229. The summed E-state index contributed by atoms with van der Waals surface area (Å²) in [6, 6.07) is 12.7. The normalized spacial score (nSPS) is 14.6. The second kappa shape index (κ2) is 9.40. The number of rotatable bonds is 8. The van der Waals surface area contributed by atoms with Crippen LogP contribution in [0.5, 0.6) is 5.75 Å². The van der Waals surface area contributed by atoms with Crippen LogP contribution in [0.15, 0.2) is 53.4 Å². The van der Waals surface area contributed by atoms with Gasteiger partial charge in [-0.1, -0.05) is 18.2 Å². The minimum Gasteiger partial charge on any atom is -0.490 e. The standard InChI is InChI=1S/C22H26N2O5S/c1-16(25)17-10-12-21(13-11-17)30(27,28)24(2)15-22(26)23-18-6-5-9-20(14-18)29-19-7-3-4-8-19/h5-6,9-14,19H,3-4,7-8,15H2,1-2H3,(H,23,26). The van der Waals surface area contributed by atoms with Gasteiger partial charge in [0.1, 0.15) is 5.75 Å². The first kappa shape index (κ1) is 22.0. The number of nitrogens with one attached hydrogen (secondary N) is 1. The van der Waals surface area contributed by atoms with E-state index in [1.807, 2.05) is 6.07 Å². The molecule has 0 saturated heterocycles. The average Bonchev–Trinajstić information content (AvgIpc) is 3.21. The number of ether oxygens (including phenoxy) is 1. The fourth-order valence-electron chi connectivity index (χ4n) is 3.38. The highest BCUT2D eigenvalue weighted by Gasteiger charge is 2.23. The van der Waals surface area contributed by atoms with Crippen molar-refractivity contribution < 1.29 is 22.7 Å². The number of sulfonamides is 1. The molecule has 1 saturated carbocycles. The van der Waals surface area contributed by atoms with E-state index in [4.69, 9.17) is 4.74 Å². The van der Waals surface area contributed by atoms with Crippen molar-refractivity contribution in [2.75, 3.05) is 18.9 Å². The topological polar surface area (TPSA) is 92.8 Å². The summed E-state index contributed by atoms with van der Waals surface area (Å²) in [5, 5.41) is 2.72. The fourth-order valence-corrected chi connectivity index (χ4v) is 4.50. The lowest BCUT2D eigenvalue weighted by Crippen LogP contribution is -2.35. The van der Waals surface area contributed by atoms with Gasteiger partial charge in [-0.05, 0) is 56.9 Å². The number of Topliss-reactive ketones (excluding diaryl/α,β-unsaturated/α-hetero) is 1. The van der Waals surface area contributed by atoms with Crippen LogP contribution in [0.25, 0.3) is 0 Å². The van der Waals surface area contributed by atoms with E-state index in [2.05, 4.69) is 5.32 Å². The van der Waals surface area contributed by atoms with Crippen LogP contribution >= 0.6 is 0 Å². The van der Waals surface area contributed by atoms with E-state index in [1.165, 1.54) is 51.1 Å². The number of nitrogens with zero attached hydrogens (tertiary/aromatic N) is 1. The Hall–Kier alpha value is -2.71. The lowest BCUT2D eigenvalue weighted by atomic mass is 10.2. The molecule has 2 aromatic carbocycles.